The summed E-state index contributed by atoms with van der Waals surface area (Å²) in [6, 6.07) is 0. The number of nitrogens with zero attached hydrogens (tertiary/aromatic N) is 4. The van der Waals surface area contributed by atoms with Crippen molar-refractivity contribution >= 4 is 11.9 Å². The van der Waals surface area contributed by atoms with Crippen LogP contribution in [0.5, 0.6) is 0 Å². The van der Waals surface area contributed by atoms with Crippen LogP contribution in [0.1, 0.15) is 23.3 Å². The summed E-state index contributed by atoms with van der Waals surface area (Å²) in [4.78, 5) is 24.3. The van der Waals surface area contributed by atoms with Crippen LogP contribution in [0.3, 0.4) is 0 Å². The third-order valence-electron chi connectivity index (χ3n) is 3.17. The van der Waals surface area contributed by atoms with Crippen molar-refractivity contribution in [3.8, 4) is 0 Å². The molecular weight excluding hydrogens is 252 g/mol. The number of aliphatic hydroxyl groups excluding tert-OH is 1. The summed E-state index contributed by atoms with van der Waals surface area (Å²) in [6.45, 7) is 1.05. The number of likely N-dealkylation sites (tertiary alicyclic amines) is 1. The molecule has 1 aromatic heterocycles. The van der Waals surface area contributed by atoms with Crippen LogP contribution >= 0.6 is 0 Å². The predicted octanol–water partition coefficient (Wildman–Crippen LogP) is -0.793. The lowest BCUT2D eigenvalue weighted by atomic mass is 10.1. The number of carboxylic acid groups (broad SMARTS) is 1. The number of carboxylic acids is 1. The zero-order chi connectivity index (χ0) is 13.8. The zero-order valence-electron chi connectivity index (χ0n) is 10.4. The molecule has 0 saturated carbocycles. The third-order valence-corrected chi connectivity index (χ3v) is 3.17. The van der Waals surface area contributed by atoms with E-state index >= 15 is 0 Å². The molecule has 1 unspecified atom stereocenters. The first-order valence-electron chi connectivity index (χ1n) is 6.12. The van der Waals surface area contributed by atoms with E-state index in [0.717, 1.165) is 11.1 Å². The summed E-state index contributed by atoms with van der Waals surface area (Å²) in [5.41, 5.74) is 0.158. The van der Waals surface area contributed by atoms with Crippen molar-refractivity contribution in [3.05, 3.63) is 11.9 Å². The van der Waals surface area contributed by atoms with Crippen LogP contribution in [0.15, 0.2) is 6.20 Å². The molecule has 1 amide bonds. The van der Waals surface area contributed by atoms with E-state index < -0.39 is 5.97 Å². The van der Waals surface area contributed by atoms with Gasteiger partial charge in [-0.2, -0.15) is 0 Å². The van der Waals surface area contributed by atoms with Gasteiger partial charge in [-0.1, -0.05) is 5.21 Å². The number of rotatable bonds is 5. The van der Waals surface area contributed by atoms with E-state index in [1.54, 1.807) is 4.90 Å². The Bertz CT molecular complexity index is 473. The third kappa shape index (κ3) is 3.28. The van der Waals surface area contributed by atoms with Crippen molar-refractivity contribution in [2.45, 2.75) is 19.4 Å². The first kappa shape index (κ1) is 13.5. The van der Waals surface area contributed by atoms with Crippen molar-refractivity contribution in [1.29, 1.82) is 0 Å². The fourth-order valence-corrected chi connectivity index (χ4v) is 2.21. The van der Waals surface area contributed by atoms with E-state index in [1.165, 1.54) is 6.20 Å². The Balaban J connectivity index is 1.96. The molecular formula is C11H16N4O4. The highest BCUT2D eigenvalue weighted by Crippen LogP contribution is 2.20. The van der Waals surface area contributed by atoms with Gasteiger partial charge in [0.05, 0.1) is 6.20 Å². The van der Waals surface area contributed by atoms with E-state index in [-0.39, 0.29) is 24.8 Å². The number of aliphatic carboxylic acids is 1. The van der Waals surface area contributed by atoms with E-state index in [4.69, 9.17) is 10.2 Å². The van der Waals surface area contributed by atoms with Crippen LogP contribution in [0.4, 0.5) is 0 Å². The van der Waals surface area contributed by atoms with Crippen LogP contribution in [0.2, 0.25) is 0 Å². The maximum atomic E-state index is 12.1. The molecule has 0 spiro atoms. The maximum Gasteiger partial charge on any atom is 0.325 e. The van der Waals surface area contributed by atoms with E-state index in [2.05, 4.69) is 10.3 Å². The Hall–Kier alpha value is -1.96. The van der Waals surface area contributed by atoms with Gasteiger partial charge in [0.25, 0.3) is 5.91 Å². The van der Waals surface area contributed by atoms with Gasteiger partial charge in [-0.3, -0.25) is 9.59 Å². The second kappa shape index (κ2) is 5.79. The number of aliphatic hydroxyl groups is 1. The summed E-state index contributed by atoms with van der Waals surface area (Å²) in [5, 5.41) is 24.8. The van der Waals surface area contributed by atoms with Gasteiger partial charge in [0.2, 0.25) is 0 Å². The highest BCUT2D eigenvalue weighted by molar-refractivity contribution is 5.92. The average Bonchev–Trinajstić information content (AvgIpc) is 2.97. The summed E-state index contributed by atoms with van der Waals surface area (Å²) in [6.07, 6.45) is 2.90. The fraction of sp³-hybridized carbons (Fsp3) is 0.636. The molecule has 0 bridgehead atoms. The summed E-state index contributed by atoms with van der Waals surface area (Å²) in [5.74, 6) is -0.951. The molecule has 0 radical (unpaired) electrons. The van der Waals surface area contributed by atoms with Crippen LogP contribution < -0.4 is 0 Å². The number of hydrogen-bond acceptors (Lipinski definition) is 5. The smallest absolute Gasteiger partial charge is 0.325 e. The minimum absolute atomic E-state index is 0.126. The lowest BCUT2D eigenvalue weighted by Crippen LogP contribution is -2.29. The quantitative estimate of drug-likeness (QED) is 0.724. The molecule has 2 rings (SSSR count). The van der Waals surface area contributed by atoms with Crippen molar-refractivity contribution in [3.63, 3.8) is 0 Å². The molecule has 8 nitrogen and oxygen atoms in total. The summed E-state index contributed by atoms with van der Waals surface area (Å²) >= 11 is 0. The van der Waals surface area contributed by atoms with Crippen LogP contribution in [0.25, 0.3) is 0 Å². The molecule has 19 heavy (non-hydrogen) atoms. The molecule has 2 N–H and O–H groups in total. The van der Waals surface area contributed by atoms with Crippen LogP contribution in [0, 0.1) is 5.92 Å². The molecule has 1 fully saturated rings. The van der Waals surface area contributed by atoms with E-state index in [0.29, 0.717) is 25.4 Å². The van der Waals surface area contributed by atoms with E-state index in [9.17, 15) is 9.59 Å². The number of aromatic nitrogens is 3. The fourth-order valence-electron chi connectivity index (χ4n) is 2.21. The van der Waals surface area contributed by atoms with Crippen LogP contribution in [-0.4, -0.2) is 61.7 Å². The minimum Gasteiger partial charge on any atom is -0.480 e. The van der Waals surface area contributed by atoms with Crippen molar-refractivity contribution in [2.24, 2.45) is 5.92 Å². The molecule has 0 aliphatic carbocycles. The van der Waals surface area contributed by atoms with Crippen LogP contribution in [-0.2, 0) is 11.3 Å². The van der Waals surface area contributed by atoms with Crippen molar-refractivity contribution < 1.29 is 19.8 Å². The lowest BCUT2D eigenvalue weighted by molar-refractivity contribution is -0.137. The lowest BCUT2D eigenvalue weighted by Gasteiger charge is -2.14. The second-order valence-electron chi connectivity index (χ2n) is 4.61. The Morgan fingerprint density at radius 2 is 2.26 bits per heavy atom. The highest BCUT2D eigenvalue weighted by Gasteiger charge is 2.28. The largest absolute Gasteiger partial charge is 0.480 e. The SMILES string of the molecule is O=C(O)Cn1cc(C(=O)N2CCC(CCO)C2)nn1. The molecule has 1 aromatic rings. The molecule has 2 heterocycles. The van der Waals surface area contributed by atoms with Gasteiger partial charge in [-0.25, -0.2) is 4.68 Å². The van der Waals surface area contributed by atoms with Gasteiger partial charge in [0.1, 0.15) is 6.54 Å². The van der Waals surface area contributed by atoms with Gasteiger partial charge in [0, 0.05) is 19.7 Å². The molecule has 8 heteroatoms. The standard InChI is InChI=1S/C11H16N4O4/c16-4-2-8-1-3-14(5-8)11(19)9-6-15(13-12-9)7-10(17)18/h6,8,16H,1-5,7H2,(H,17,18). The minimum atomic E-state index is -1.03. The number of carbonyl (C=O) groups is 2. The van der Waals surface area contributed by atoms with Gasteiger partial charge in [-0.15, -0.1) is 5.10 Å². The molecule has 0 aromatic carbocycles. The number of carbonyl (C=O) groups excluding carboxylic acids is 1. The number of amides is 1. The highest BCUT2D eigenvalue weighted by atomic mass is 16.4. The van der Waals surface area contributed by atoms with Crippen molar-refractivity contribution in [2.75, 3.05) is 19.7 Å². The number of hydrogen-bond donors (Lipinski definition) is 2. The Morgan fingerprint density at radius 3 is 2.95 bits per heavy atom. The molecule has 1 aliphatic heterocycles. The average molecular weight is 268 g/mol. The normalized spacial score (nSPS) is 18.8. The monoisotopic (exact) mass is 268 g/mol. The second-order valence-corrected chi connectivity index (χ2v) is 4.61. The Kier molecular flexibility index (Phi) is 4.10. The summed E-state index contributed by atoms with van der Waals surface area (Å²) < 4.78 is 1.12. The van der Waals surface area contributed by atoms with Gasteiger partial charge in [0.15, 0.2) is 5.69 Å². The van der Waals surface area contributed by atoms with Gasteiger partial charge in [-0.05, 0) is 18.8 Å². The summed E-state index contributed by atoms with van der Waals surface area (Å²) in [7, 11) is 0. The first-order chi connectivity index (χ1) is 9.10. The molecule has 1 atom stereocenters. The Labute approximate surface area is 109 Å². The van der Waals surface area contributed by atoms with Gasteiger partial charge < -0.3 is 15.1 Å². The Morgan fingerprint density at radius 1 is 1.47 bits per heavy atom. The zero-order valence-corrected chi connectivity index (χ0v) is 10.4. The molecule has 104 valence electrons. The van der Waals surface area contributed by atoms with Gasteiger partial charge >= 0.3 is 5.97 Å². The van der Waals surface area contributed by atoms with E-state index in [1.807, 2.05) is 0 Å². The first-order valence-corrected chi connectivity index (χ1v) is 6.12. The topological polar surface area (TPSA) is 109 Å². The predicted molar refractivity (Wildman–Crippen MR) is 63.4 cm³/mol. The van der Waals surface area contributed by atoms with Crippen molar-refractivity contribution in [1.82, 2.24) is 19.9 Å². The molecule has 1 saturated heterocycles. The molecule has 1 aliphatic rings. The maximum absolute atomic E-state index is 12.1.